The van der Waals surface area contributed by atoms with Gasteiger partial charge in [0.25, 0.3) is 6.29 Å². The second-order valence-electron chi connectivity index (χ2n) is 15.6. The van der Waals surface area contributed by atoms with Crippen LogP contribution in [-0.2, 0) is 33.3 Å². The molecule has 0 fully saturated rings. The van der Waals surface area contributed by atoms with E-state index < -0.39 is 24.3 Å². The van der Waals surface area contributed by atoms with E-state index in [4.69, 9.17) is 18.9 Å². The van der Waals surface area contributed by atoms with Gasteiger partial charge in [0.1, 0.15) is 13.2 Å². The second-order valence-corrected chi connectivity index (χ2v) is 15.6. The van der Waals surface area contributed by atoms with Gasteiger partial charge in [-0.05, 0) is 51.4 Å². The lowest BCUT2D eigenvalue weighted by atomic mass is 10.0. The molecule has 57 heavy (non-hydrogen) atoms. The molecule has 0 saturated carbocycles. The van der Waals surface area contributed by atoms with Crippen molar-refractivity contribution < 1.29 is 42.9 Å². The van der Waals surface area contributed by atoms with Gasteiger partial charge in [-0.2, -0.15) is 0 Å². The number of aliphatic carboxylic acids is 1. The third-order valence-corrected chi connectivity index (χ3v) is 8.99. The molecule has 9 nitrogen and oxygen atoms in total. The van der Waals surface area contributed by atoms with Crippen molar-refractivity contribution in [3.63, 3.8) is 0 Å². The van der Waals surface area contributed by atoms with Crippen LogP contribution in [0.2, 0.25) is 0 Å². The van der Waals surface area contributed by atoms with Crippen LogP contribution < -0.4 is 0 Å². The Morgan fingerprint density at radius 1 is 0.544 bits per heavy atom. The number of hydrogen-bond acceptors (Lipinski definition) is 7. The Labute approximate surface area is 347 Å². The van der Waals surface area contributed by atoms with Gasteiger partial charge in [0.15, 0.2) is 6.10 Å². The summed E-state index contributed by atoms with van der Waals surface area (Å²) in [7, 11) is 5.92. The van der Waals surface area contributed by atoms with E-state index in [1.807, 2.05) is 33.3 Å². The molecule has 9 heteroatoms. The molecule has 0 aliphatic carbocycles. The van der Waals surface area contributed by atoms with Crippen molar-refractivity contribution in [2.45, 2.75) is 167 Å². The summed E-state index contributed by atoms with van der Waals surface area (Å²) in [6.07, 6.45) is 45.5. The molecule has 326 valence electrons. The molecule has 0 aromatic carbocycles. The molecule has 0 rings (SSSR count). The van der Waals surface area contributed by atoms with Gasteiger partial charge in [-0.15, -0.1) is 0 Å². The fourth-order valence-electron chi connectivity index (χ4n) is 5.57. The second kappa shape index (κ2) is 39.6. The number of unbranched alkanes of at least 4 members (excludes halogenated alkanes) is 12. The maximum Gasteiger partial charge on any atom is 0.361 e. The third-order valence-electron chi connectivity index (χ3n) is 8.99. The molecule has 0 aromatic rings. The molecular formula is C48H82NO8+. The highest BCUT2D eigenvalue weighted by Crippen LogP contribution is 2.14. The van der Waals surface area contributed by atoms with Crippen LogP contribution in [0.15, 0.2) is 72.9 Å². The van der Waals surface area contributed by atoms with Crippen molar-refractivity contribution in [1.29, 1.82) is 0 Å². The largest absolute Gasteiger partial charge is 0.477 e. The van der Waals surface area contributed by atoms with Gasteiger partial charge in [-0.3, -0.25) is 9.59 Å². The number of ether oxygens (including phenoxy) is 4. The number of likely N-dealkylation sites (N-methyl/N-ethyl adjacent to an activating group) is 1. The molecule has 0 aliphatic heterocycles. The Hall–Kier alpha value is -3.27. The normalized spacial score (nSPS) is 13.6. The fourth-order valence-corrected chi connectivity index (χ4v) is 5.57. The molecule has 2 unspecified atom stereocenters. The molecule has 0 spiro atoms. The average Bonchev–Trinajstić information content (AvgIpc) is 3.17. The average molecular weight is 801 g/mol. The van der Waals surface area contributed by atoms with Crippen LogP contribution in [0.4, 0.5) is 0 Å². The third kappa shape index (κ3) is 40.7. The van der Waals surface area contributed by atoms with Crippen molar-refractivity contribution >= 4 is 17.9 Å². The zero-order valence-electron chi connectivity index (χ0n) is 36.7. The molecule has 0 heterocycles. The molecule has 0 aromatic heterocycles. The Kier molecular flexibility index (Phi) is 37.3. The Balaban J connectivity index is 4.59. The number of rotatable bonds is 39. The SMILES string of the molecule is CC/C=C\C/C=C\C/C=C\C/C=C\C/C=C\C/C=C\CCC(=O)OC(COC(=O)CCCCCCCCCCCCCCC)COC(OCC[N+](C)(C)C)C(=O)O. The summed E-state index contributed by atoms with van der Waals surface area (Å²) < 4.78 is 22.6. The van der Waals surface area contributed by atoms with Crippen LogP contribution in [0.3, 0.4) is 0 Å². The Morgan fingerprint density at radius 3 is 1.46 bits per heavy atom. The first kappa shape index (κ1) is 53.7. The molecule has 1 N–H and O–H groups in total. The van der Waals surface area contributed by atoms with Crippen molar-refractivity contribution in [1.82, 2.24) is 0 Å². The quantitative estimate of drug-likeness (QED) is 0.0215. The molecule has 0 aliphatic rings. The van der Waals surface area contributed by atoms with E-state index in [2.05, 4.69) is 74.6 Å². The van der Waals surface area contributed by atoms with Crippen molar-refractivity contribution in [2.75, 3.05) is 47.5 Å². The zero-order valence-corrected chi connectivity index (χ0v) is 36.7. The summed E-state index contributed by atoms with van der Waals surface area (Å²) in [4.78, 5) is 37.0. The van der Waals surface area contributed by atoms with Crippen LogP contribution in [-0.4, -0.2) is 87.4 Å². The summed E-state index contributed by atoms with van der Waals surface area (Å²) in [5, 5.41) is 9.62. The Morgan fingerprint density at radius 2 is 1.00 bits per heavy atom. The van der Waals surface area contributed by atoms with Crippen LogP contribution >= 0.6 is 0 Å². The standard InChI is InChI=1S/C48H81NO8/c1-6-8-10-12-14-16-18-20-21-22-23-24-25-27-29-31-33-35-37-39-46(51)57-44(43-56-48(47(52)53)54-41-40-49(3,4)5)42-55-45(50)38-36-34-32-30-28-26-19-17-15-13-11-9-7-2/h8,10,14,16,20-21,23-24,27,29,33,35,44,48H,6-7,9,11-13,15,17-19,22,25-26,28,30-32,34,36-43H2,1-5H3/p+1/b10-8-,16-14-,21-20-,24-23-,29-27-,35-33-. The van der Waals surface area contributed by atoms with E-state index in [1.165, 1.54) is 64.2 Å². The maximum absolute atomic E-state index is 12.7. The van der Waals surface area contributed by atoms with Gasteiger partial charge < -0.3 is 28.5 Å². The lowest BCUT2D eigenvalue weighted by Crippen LogP contribution is -2.40. The number of quaternary nitrogens is 1. The highest BCUT2D eigenvalue weighted by Gasteiger charge is 2.25. The first-order chi connectivity index (χ1) is 27.6. The predicted octanol–water partition coefficient (Wildman–Crippen LogP) is 11.6. The zero-order chi connectivity index (χ0) is 42.1. The number of carboxylic acids is 1. The maximum atomic E-state index is 12.7. The van der Waals surface area contributed by atoms with E-state index in [-0.39, 0.29) is 38.6 Å². The van der Waals surface area contributed by atoms with Gasteiger partial charge in [0, 0.05) is 12.8 Å². The van der Waals surface area contributed by atoms with Gasteiger partial charge >= 0.3 is 17.9 Å². The molecule has 0 amide bonds. The topological polar surface area (TPSA) is 108 Å². The lowest BCUT2D eigenvalue weighted by molar-refractivity contribution is -0.870. The van der Waals surface area contributed by atoms with Gasteiger partial charge in [-0.25, -0.2) is 4.79 Å². The van der Waals surface area contributed by atoms with Crippen molar-refractivity contribution in [3.8, 4) is 0 Å². The van der Waals surface area contributed by atoms with Gasteiger partial charge in [0.2, 0.25) is 0 Å². The number of carbonyl (C=O) groups excluding carboxylic acids is 2. The molecule has 2 atom stereocenters. The molecule has 0 bridgehead atoms. The van der Waals surface area contributed by atoms with Crippen LogP contribution in [0.5, 0.6) is 0 Å². The summed E-state index contributed by atoms with van der Waals surface area (Å²) in [6.45, 7) is 4.65. The summed E-state index contributed by atoms with van der Waals surface area (Å²) in [6, 6.07) is 0. The minimum Gasteiger partial charge on any atom is -0.477 e. The van der Waals surface area contributed by atoms with E-state index >= 15 is 0 Å². The molecule has 0 radical (unpaired) electrons. The molecule has 0 saturated heterocycles. The number of carbonyl (C=O) groups is 3. The smallest absolute Gasteiger partial charge is 0.361 e. The van der Waals surface area contributed by atoms with Crippen LogP contribution in [0.25, 0.3) is 0 Å². The van der Waals surface area contributed by atoms with Gasteiger partial charge in [-0.1, -0.05) is 164 Å². The van der Waals surface area contributed by atoms with Crippen molar-refractivity contribution in [3.05, 3.63) is 72.9 Å². The van der Waals surface area contributed by atoms with E-state index in [1.54, 1.807) is 0 Å². The number of nitrogens with zero attached hydrogens (tertiary/aromatic N) is 1. The molecular weight excluding hydrogens is 719 g/mol. The van der Waals surface area contributed by atoms with Crippen LogP contribution in [0, 0.1) is 0 Å². The van der Waals surface area contributed by atoms with Crippen LogP contribution in [0.1, 0.15) is 155 Å². The highest BCUT2D eigenvalue weighted by atomic mass is 16.7. The number of esters is 2. The minimum atomic E-state index is -1.53. The number of allylic oxidation sites excluding steroid dienone is 12. The Bertz CT molecular complexity index is 1160. The first-order valence-electron chi connectivity index (χ1n) is 22.1. The fraction of sp³-hybridized carbons (Fsp3) is 0.688. The summed E-state index contributed by atoms with van der Waals surface area (Å²) in [5.74, 6) is -2.13. The minimum absolute atomic E-state index is 0.133. The first-order valence-corrected chi connectivity index (χ1v) is 22.1. The summed E-state index contributed by atoms with van der Waals surface area (Å²) >= 11 is 0. The number of carboxylic acid groups (broad SMARTS) is 1. The van der Waals surface area contributed by atoms with Crippen molar-refractivity contribution in [2.24, 2.45) is 0 Å². The van der Waals surface area contributed by atoms with Gasteiger partial charge in [0.05, 0.1) is 34.4 Å². The highest BCUT2D eigenvalue weighted by molar-refractivity contribution is 5.71. The van der Waals surface area contributed by atoms with E-state index in [9.17, 15) is 19.5 Å². The number of hydrogen-bond donors (Lipinski definition) is 1. The lowest BCUT2D eigenvalue weighted by Gasteiger charge is -2.25. The monoisotopic (exact) mass is 801 g/mol. The predicted molar refractivity (Wildman–Crippen MR) is 235 cm³/mol. The van der Waals surface area contributed by atoms with E-state index in [0.29, 0.717) is 17.4 Å². The van der Waals surface area contributed by atoms with E-state index in [0.717, 1.165) is 57.8 Å². The summed E-state index contributed by atoms with van der Waals surface area (Å²) in [5.41, 5.74) is 0.